The summed E-state index contributed by atoms with van der Waals surface area (Å²) in [5.74, 6) is 0.755. The number of carboxylic acid groups (broad SMARTS) is 1. The molecule has 0 spiro atoms. The lowest BCUT2D eigenvalue weighted by Crippen LogP contribution is -2.48. The number of carbonyl (C=O) groups is 1. The Kier molecular flexibility index (Phi) is 8.06. The molecule has 31 heavy (non-hydrogen) atoms. The molecule has 1 aliphatic carbocycles. The Labute approximate surface area is 182 Å². The molecule has 1 aliphatic rings. The van der Waals surface area contributed by atoms with Crippen molar-refractivity contribution >= 4 is 6.09 Å². The zero-order valence-corrected chi connectivity index (χ0v) is 17.7. The molecule has 3 rings (SSSR count). The van der Waals surface area contributed by atoms with Crippen LogP contribution in [0.1, 0.15) is 35.3 Å². The number of rotatable bonds is 11. The van der Waals surface area contributed by atoms with Gasteiger partial charge in [-0.05, 0) is 41.7 Å². The van der Waals surface area contributed by atoms with E-state index in [0.717, 1.165) is 22.4 Å². The fourth-order valence-electron chi connectivity index (χ4n) is 3.99. The van der Waals surface area contributed by atoms with Crippen molar-refractivity contribution in [2.75, 3.05) is 20.3 Å². The van der Waals surface area contributed by atoms with Crippen LogP contribution in [-0.2, 0) is 11.2 Å². The van der Waals surface area contributed by atoms with Crippen molar-refractivity contribution in [2.45, 2.75) is 37.1 Å². The SMILES string of the molecule is C=CCO[C@@H]1C[C@H](NC[C@H](O)[C@H](Cc2ccccc2)NC(=O)O)c2cc(OC)ccc21. The molecule has 166 valence electrons. The van der Waals surface area contributed by atoms with Crippen LogP contribution in [0, 0.1) is 0 Å². The van der Waals surface area contributed by atoms with E-state index in [-0.39, 0.29) is 18.7 Å². The zero-order chi connectivity index (χ0) is 22.2. The molecule has 0 fully saturated rings. The maximum atomic E-state index is 11.3. The molecule has 0 aliphatic heterocycles. The summed E-state index contributed by atoms with van der Waals surface area (Å²) in [5, 5.41) is 25.8. The van der Waals surface area contributed by atoms with Crippen molar-refractivity contribution in [2.24, 2.45) is 0 Å². The molecule has 0 radical (unpaired) electrons. The summed E-state index contributed by atoms with van der Waals surface area (Å²) in [6.45, 7) is 4.39. The lowest BCUT2D eigenvalue weighted by molar-refractivity contribution is 0.0672. The third kappa shape index (κ3) is 6.07. The first-order valence-electron chi connectivity index (χ1n) is 10.4. The highest BCUT2D eigenvalue weighted by Crippen LogP contribution is 2.42. The van der Waals surface area contributed by atoms with Crippen LogP contribution in [0.2, 0.25) is 0 Å². The molecule has 7 heteroatoms. The van der Waals surface area contributed by atoms with Gasteiger partial charge in [-0.15, -0.1) is 6.58 Å². The molecule has 0 heterocycles. The Morgan fingerprint density at radius 1 is 1.26 bits per heavy atom. The number of hydrogen-bond donors (Lipinski definition) is 4. The van der Waals surface area contributed by atoms with Crippen LogP contribution >= 0.6 is 0 Å². The summed E-state index contributed by atoms with van der Waals surface area (Å²) < 4.78 is 11.3. The first-order chi connectivity index (χ1) is 15.0. The lowest BCUT2D eigenvalue weighted by Gasteiger charge is -2.25. The van der Waals surface area contributed by atoms with Gasteiger partial charge in [0, 0.05) is 12.6 Å². The van der Waals surface area contributed by atoms with Gasteiger partial charge in [0.05, 0.1) is 32.0 Å². The summed E-state index contributed by atoms with van der Waals surface area (Å²) in [6.07, 6.45) is 0.687. The summed E-state index contributed by atoms with van der Waals surface area (Å²) >= 11 is 0. The number of hydrogen-bond acceptors (Lipinski definition) is 5. The van der Waals surface area contributed by atoms with Crippen LogP contribution in [0.4, 0.5) is 4.79 Å². The number of ether oxygens (including phenoxy) is 2. The molecule has 0 aromatic heterocycles. The lowest BCUT2D eigenvalue weighted by atomic mass is 10.0. The van der Waals surface area contributed by atoms with E-state index < -0.39 is 18.2 Å². The van der Waals surface area contributed by atoms with Gasteiger partial charge < -0.3 is 30.3 Å². The van der Waals surface area contributed by atoms with E-state index >= 15 is 0 Å². The van der Waals surface area contributed by atoms with Gasteiger partial charge in [0.1, 0.15) is 5.75 Å². The van der Waals surface area contributed by atoms with Crippen molar-refractivity contribution in [1.82, 2.24) is 10.6 Å². The van der Waals surface area contributed by atoms with Gasteiger partial charge in [-0.1, -0.05) is 42.5 Å². The fourth-order valence-corrected chi connectivity index (χ4v) is 3.99. The van der Waals surface area contributed by atoms with Gasteiger partial charge in [-0.2, -0.15) is 0 Å². The summed E-state index contributed by atoms with van der Waals surface area (Å²) in [4.78, 5) is 11.3. The minimum absolute atomic E-state index is 0.0447. The fraction of sp³-hybridized carbons (Fsp3) is 0.375. The van der Waals surface area contributed by atoms with Gasteiger partial charge in [0.25, 0.3) is 0 Å². The van der Waals surface area contributed by atoms with Crippen molar-refractivity contribution in [3.05, 3.63) is 77.9 Å². The predicted octanol–water partition coefficient (Wildman–Crippen LogP) is 3.21. The van der Waals surface area contributed by atoms with E-state index in [4.69, 9.17) is 9.47 Å². The van der Waals surface area contributed by atoms with Gasteiger partial charge in [0.2, 0.25) is 0 Å². The first-order valence-corrected chi connectivity index (χ1v) is 10.4. The third-order valence-electron chi connectivity index (χ3n) is 5.53. The average molecular weight is 427 g/mol. The molecular weight excluding hydrogens is 396 g/mol. The van der Waals surface area contributed by atoms with Crippen LogP contribution < -0.4 is 15.4 Å². The van der Waals surface area contributed by atoms with Crippen LogP contribution in [0.3, 0.4) is 0 Å². The molecule has 0 unspecified atom stereocenters. The largest absolute Gasteiger partial charge is 0.497 e. The van der Waals surface area contributed by atoms with Gasteiger partial charge in [-0.25, -0.2) is 4.79 Å². The highest BCUT2D eigenvalue weighted by Gasteiger charge is 2.33. The molecule has 2 aromatic carbocycles. The van der Waals surface area contributed by atoms with Crippen LogP contribution in [0.25, 0.3) is 0 Å². The summed E-state index contributed by atoms with van der Waals surface area (Å²) in [6, 6.07) is 14.7. The van der Waals surface area contributed by atoms with Crippen molar-refractivity contribution in [1.29, 1.82) is 0 Å². The first kappa shape index (κ1) is 22.8. The number of methoxy groups -OCH3 is 1. The number of nitrogens with one attached hydrogen (secondary N) is 2. The van der Waals surface area contributed by atoms with Crippen LogP contribution in [-0.4, -0.2) is 48.7 Å². The van der Waals surface area contributed by atoms with Crippen molar-refractivity contribution < 1.29 is 24.5 Å². The highest BCUT2D eigenvalue weighted by atomic mass is 16.5. The van der Waals surface area contributed by atoms with Gasteiger partial charge >= 0.3 is 6.09 Å². The molecular formula is C24H30N2O5. The second-order valence-electron chi connectivity index (χ2n) is 7.62. The topological polar surface area (TPSA) is 100 Å². The molecule has 0 saturated heterocycles. The third-order valence-corrected chi connectivity index (χ3v) is 5.53. The number of aliphatic hydroxyl groups excluding tert-OH is 1. The van der Waals surface area contributed by atoms with E-state index in [1.165, 1.54) is 0 Å². The van der Waals surface area contributed by atoms with Crippen molar-refractivity contribution in [3.8, 4) is 5.75 Å². The maximum absolute atomic E-state index is 11.3. The second kappa shape index (κ2) is 10.9. The Morgan fingerprint density at radius 3 is 2.71 bits per heavy atom. The Morgan fingerprint density at radius 2 is 2.03 bits per heavy atom. The number of benzene rings is 2. The molecule has 4 atom stereocenters. The molecule has 0 saturated carbocycles. The number of fused-ring (bicyclic) bond motifs is 1. The highest BCUT2D eigenvalue weighted by molar-refractivity contribution is 5.65. The van der Waals surface area contributed by atoms with E-state index in [0.29, 0.717) is 19.4 Å². The smallest absolute Gasteiger partial charge is 0.404 e. The molecule has 4 N–H and O–H groups in total. The van der Waals surface area contributed by atoms with Crippen LogP contribution in [0.15, 0.2) is 61.2 Å². The number of amides is 1. The minimum atomic E-state index is -1.16. The van der Waals surface area contributed by atoms with Gasteiger partial charge in [-0.3, -0.25) is 0 Å². The quantitative estimate of drug-likeness (QED) is 0.412. The summed E-state index contributed by atoms with van der Waals surface area (Å²) in [5.41, 5.74) is 3.10. The Balaban J connectivity index is 1.69. The Hall–Kier alpha value is -2.87. The zero-order valence-electron chi connectivity index (χ0n) is 17.7. The van der Waals surface area contributed by atoms with E-state index in [1.54, 1.807) is 13.2 Å². The van der Waals surface area contributed by atoms with E-state index in [2.05, 4.69) is 17.2 Å². The molecule has 2 aromatic rings. The maximum Gasteiger partial charge on any atom is 0.404 e. The Bertz CT molecular complexity index is 874. The van der Waals surface area contributed by atoms with Crippen LogP contribution in [0.5, 0.6) is 5.75 Å². The molecule has 7 nitrogen and oxygen atoms in total. The van der Waals surface area contributed by atoms with E-state index in [9.17, 15) is 15.0 Å². The van der Waals surface area contributed by atoms with E-state index in [1.807, 2.05) is 48.5 Å². The molecule has 0 bridgehead atoms. The second-order valence-corrected chi connectivity index (χ2v) is 7.62. The molecule has 1 amide bonds. The van der Waals surface area contributed by atoms with Crippen molar-refractivity contribution in [3.63, 3.8) is 0 Å². The normalized spacial score (nSPS) is 19.3. The summed E-state index contributed by atoms with van der Waals surface area (Å²) in [7, 11) is 1.63. The number of aliphatic hydroxyl groups is 1. The predicted molar refractivity (Wildman–Crippen MR) is 118 cm³/mol. The van der Waals surface area contributed by atoms with Gasteiger partial charge in [0.15, 0.2) is 0 Å². The minimum Gasteiger partial charge on any atom is -0.497 e. The standard InChI is InChI=1S/C24H30N2O5/c1-3-11-31-23-14-20(19-13-17(30-2)9-10-18(19)23)25-15-22(27)21(26-24(28)29)12-16-7-5-4-6-8-16/h3-10,13,20-23,25-27H,1,11-12,14-15H2,2H3,(H,28,29)/t20-,21-,22-,23+/m0/s1. The average Bonchev–Trinajstić information content (AvgIpc) is 3.12. The monoisotopic (exact) mass is 426 g/mol.